The number of aromatic nitrogens is 2. The highest BCUT2D eigenvalue weighted by Gasteiger charge is 2.25. The number of halogens is 1. The first-order valence-electron chi connectivity index (χ1n) is 10.5. The van der Waals surface area contributed by atoms with Gasteiger partial charge in [-0.1, -0.05) is 12.1 Å². The van der Waals surface area contributed by atoms with Crippen molar-refractivity contribution < 1.29 is 17.9 Å². The maximum absolute atomic E-state index is 14.4. The van der Waals surface area contributed by atoms with Crippen LogP contribution in [0, 0.1) is 6.92 Å². The predicted molar refractivity (Wildman–Crippen MR) is 126 cm³/mol. The molecule has 0 saturated heterocycles. The smallest absolute Gasteiger partial charge is 0.180 e. The van der Waals surface area contributed by atoms with E-state index >= 15 is 0 Å². The van der Waals surface area contributed by atoms with Crippen LogP contribution in [-0.2, 0) is 22.0 Å². The van der Waals surface area contributed by atoms with Gasteiger partial charge >= 0.3 is 0 Å². The Morgan fingerprint density at radius 3 is 2.56 bits per heavy atom. The van der Waals surface area contributed by atoms with Crippen molar-refractivity contribution in [2.45, 2.75) is 56.9 Å². The molecule has 0 aliphatic heterocycles. The zero-order valence-electron chi connectivity index (χ0n) is 19.1. The van der Waals surface area contributed by atoms with Crippen LogP contribution in [0.3, 0.4) is 0 Å². The Morgan fingerprint density at radius 2 is 1.97 bits per heavy atom. The summed E-state index contributed by atoms with van der Waals surface area (Å²) in [4.78, 5) is 4.92. The van der Waals surface area contributed by atoms with E-state index in [-0.39, 0.29) is 23.8 Å². The Kier molecular flexibility index (Phi) is 6.60. The lowest BCUT2D eigenvalue weighted by Crippen LogP contribution is -2.17. The first kappa shape index (κ1) is 24.1. The van der Waals surface area contributed by atoms with Crippen molar-refractivity contribution in [1.29, 1.82) is 0 Å². The molecule has 0 aliphatic rings. The van der Waals surface area contributed by atoms with Gasteiger partial charge in [0.1, 0.15) is 11.4 Å². The van der Waals surface area contributed by atoms with Crippen LogP contribution in [0.4, 0.5) is 4.39 Å². The lowest BCUT2D eigenvalue weighted by Gasteiger charge is -2.16. The van der Waals surface area contributed by atoms with Crippen LogP contribution in [-0.4, -0.2) is 34.9 Å². The second-order valence-corrected chi connectivity index (χ2v) is 11.2. The van der Waals surface area contributed by atoms with Crippen LogP contribution in [0.5, 0.6) is 0 Å². The molecule has 0 radical (unpaired) electrons. The maximum Gasteiger partial charge on any atom is 0.180 e. The van der Waals surface area contributed by atoms with Crippen molar-refractivity contribution in [2.24, 2.45) is 5.73 Å². The van der Waals surface area contributed by atoms with Crippen molar-refractivity contribution in [3.8, 4) is 11.1 Å². The summed E-state index contributed by atoms with van der Waals surface area (Å²) in [7, 11) is -3.47. The number of fused-ring (bicyclic) bond motifs is 1. The average molecular weight is 460 g/mol. The number of sulfone groups is 1. The van der Waals surface area contributed by atoms with Crippen LogP contribution < -0.4 is 5.73 Å². The molecule has 3 aromatic rings. The summed E-state index contributed by atoms with van der Waals surface area (Å²) in [5.74, 6) is -0.373. The second-order valence-electron chi connectivity index (χ2n) is 8.68. The van der Waals surface area contributed by atoms with E-state index in [0.717, 1.165) is 5.69 Å². The Balaban J connectivity index is 2.33. The van der Waals surface area contributed by atoms with E-state index in [4.69, 9.17) is 10.7 Å². The normalized spacial score (nSPS) is 13.3. The molecule has 0 atom stereocenters. The molecule has 1 aromatic carbocycles. The van der Waals surface area contributed by atoms with E-state index in [0.29, 0.717) is 27.9 Å². The standard InChI is InChI=1S/C24H30FN3O3S/c1-15(2)32(30,31)19-8-6-7-17(13-19)22-16(3)28(14-18(25)11-12-26)20-9-10-21(24(4,5)29)27-23(20)22/h6-11,13,15,29H,12,14,26H2,1-5H3/b18-11-. The number of pyridine rings is 1. The topological polar surface area (TPSA) is 98.2 Å². The molecular weight excluding hydrogens is 429 g/mol. The fourth-order valence-electron chi connectivity index (χ4n) is 3.67. The molecule has 0 saturated carbocycles. The maximum atomic E-state index is 14.4. The molecule has 0 aliphatic carbocycles. The van der Waals surface area contributed by atoms with Gasteiger partial charge in [0.15, 0.2) is 9.84 Å². The molecule has 2 heterocycles. The summed E-state index contributed by atoms with van der Waals surface area (Å²) in [6, 6.07) is 10.2. The van der Waals surface area contributed by atoms with E-state index in [1.165, 1.54) is 6.08 Å². The fraction of sp³-hybridized carbons (Fsp3) is 0.375. The van der Waals surface area contributed by atoms with Crippen molar-refractivity contribution in [3.63, 3.8) is 0 Å². The zero-order chi connectivity index (χ0) is 23.8. The molecule has 0 amide bonds. The van der Waals surface area contributed by atoms with E-state index < -0.39 is 20.7 Å². The minimum atomic E-state index is -3.47. The van der Waals surface area contributed by atoms with Gasteiger partial charge in [-0.05, 0) is 70.5 Å². The van der Waals surface area contributed by atoms with Crippen LogP contribution in [0.2, 0.25) is 0 Å². The van der Waals surface area contributed by atoms with E-state index in [9.17, 15) is 17.9 Å². The van der Waals surface area contributed by atoms with E-state index in [1.54, 1.807) is 62.6 Å². The summed E-state index contributed by atoms with van der Waals surface area (Å²) in [6.45, 7) is 8.49. The Morgan fingerprint density at radius 1 is 1.28 bits per heavy atom. The lowest BCUT2D eigenvalue weighted by atomic mass is 10.0. The van der Waals surface area contributed by atoms with Crippen LogP contribution in [0.15, 0.2) is 53.2 Å². The van der Waals surface area contributed by atoms with Gasteiger partial charge in [-0.25, -0.2) is 17.8 Å². The monoisotopic (exact) mass is 459 g/mol. The minimum Gasteiger partial charge on any atom is -0.384 e. The second kappa shape index (κ2) is 8.77. The number of hydrogen-bond acceptors (Lipinski definition) is 5. The average Bonchev–Trinajstić information content (AvgIpc) is 2.98. The number of aliphatic hydroxyl groups is 1. The molecule has 6 nitrogen and oxygen atoms in total. The van der Waals surface area contributed by atoms with Crippen LogP contribution in [0.25, 0.3) is 22.2 Å². The van der Waals surface area contributed by atoms with Crippen molar-refractivity contribution >= 4 is 20.9 Å². The van der Waals surface area contributed by atoms with E-state index in [2.05, 4.69) is 0 Å². The Hall–Kier alpha value is -2.55. The number of rotatable bonds is 7. The lowest BCUT2D eigenvalue weighted by molar-refractivity contribution is 0.0742. The molecule has 0 unspecified atom stereocenters. The highest BCUT2D eigenvalue weighted by molar-refractivity contribution is 7.92. The molecule has 2 aromatic heterocycles. The molecule has 172 valence electrons. The van der Waals surface area contributed by atoms with Gasteiger partial charge in [-0.3, -0.25) is 0 Å². The highest BCUT2D eigenvalue weighted by Crippen LogP contribution is 2.36. The summed E-state index contributed by atoms with van der Waals surface area (Å²) >= 11 is 0. The summed E-state index contributed by atoms with van der Waals surface area (Å²) in [6.07, 6.45) is 1.32. The third kappa shape index (κ3) is 4.48. The van der Waals surface area contributed by atoms with Crippen molar-refractivity contribution in [2.75, 3.05) is 6.54 Å². The molecular formula is C24H30FN3O3S. The predicted octanol–water partition coefficient (Wildman–Crippen LogP) is 4.23. The molecule has 3 rings (SSSR count). The molecule has 0 bridgehead atoms. The minimum absolute atomic E-state index is 0.0208. The van der Waals surface area contributed by atoms with Gasteiger partial charge < -0.3 is 15.4 Å². The first-order valence-corrected chi connectivity index (χ1v) is 12.0. The molecule has 0 fully saturated rings. The zero-order valence-corrected chi connectivity index (χ0v) is 19.9. The first-order chi connectivity index (χ1) is 14.9. The van der Waals surface area contributed by atoms with Crippen molar-refractivity contribution in [3.05, 3.63) is 59.7 Å². The third-order valence-electron chi connectivity index (χ3n) is 5.52. The summed E-state index contributed by atoms with van der Waals surface area (Å²) in [5.41, 5.74) is 8.11. The number of benzene rings is 1. The quantitative estimate of drug-likeness (QED) is 0.551. The largest absolute Gasteiger partial charge is 0.384 e. The number of nitrogens with two attached hydrogens (primary N) is 1. The molecule has 0 spiro atoms. The highest BCUT2D eigenvalue weighted by atomic mass is 32.2. The Labute approximate surface area is 188 Å². The fourth-order valence-corrected chi connectivity index (χ4v) is 4.78. The Bertz CT molecular complexity index is 1290. The number of hydrogen-bond donors (Lipinski definition) is 2. The van der Waals surface area contributed by atoms with Crippen LogP contribution >= 0.6 is 0 Å². The van der Waals surface area contributed by atoms with Gasteiger partial charge in [0, 0.05) is 17.8 Å². The van der Waals surface area contributed by atoms with Crippen molar-refractivity contribution in [1.82, 2.24) is 9.55 Å². The molecule has 3 N–H and O–H groups in total. The van der Waals surface area contributed by atoms with Gasteiger partial charge in [0.25, 0.3) is 0 Å². The number of allylic oxidation sites excluding steroid dienone is 1. The van der Waals surface area contributed by atoms with Gasteiger partial charge in [-0.15, -0.1) is 0 Å². The third-order valence-corrected chi connectivity index (χ3v) is 7.67. The van der Waals surface area contributed by atoms with Crippen LogP contribution in [0.1, 0.15) is 39.1 Å². The molecule has 32 heavy (non-hydrogen) atoms. The van der Waals surface area contributed by atoms with E-state index in [1.807, 2.05) is 13.0 Å². The number of nitrogens with zero attached hydrogens (tertiary/aromatic N) is 2. The SMILES string of the molecule is Cc1c(-c2cccc(S(=O)(=O)C(C)C)c2)c2nc(C(C)(C)O)ccc2n1C/C(F)=C/CN. The summed E-state index contributed by atoms with van der Waals surface area (Å²) in [5, 5.41) is 9.92. The summed E-state index contributed by atoms with van der Waals surface area (Å²) < 4.78 is 41.7. The molecule has 8 heteroatoms. The van der Waals surface area contributed by atoms with Gasteiger partial charge in [0.2, 0.25) is 0 Å². The van der Waals surface area contributed by atoms with Gasteiger partial charge in [0.05, 0.1) is 33.4 Å². The van der Waals surface area contributed by atoms with Gasteiger partial charge in [-0.2, -0.15) is 0 Å².